The molecule has 0 fully saturated rings. The van der Waals surface area contributed by atoms with E-state index in [4.69, 9.17) is 4.42 Å². The van der Waals surface area contributed by atoms with Gasteiger partial charge in [0.05, 0.1) is 0 Å². The predicted molar refractivity (Wildman–Crippen MR) is 109 cm³/mol. The Kier molecular flexibility index (Phi) is 5.11. The number of aromatic hydroxyl groups is 1. The zero-order valence-corrected chi connectivity index (χ0v) is 15.3. The number of carbonyl (C=O) groups excluding carboxylic acids is 1. The van der Waals surface area contributed by atoms with Crippen molar-refractivity contribution in [2.75, 3.05) is 0 Å². The second kappa shape index (κ2) is 8.01. The third kappa shape index (κ3) is 3.91. The topological polar surface area (TPSA) is 62.5 Å². The molecular formula is C24H21NO3. The average molecular weight is 371 g/mol. The summed E-state index contributed by atoms with van der Waals surface area (Å²) in [6.07, 6.45) is 0.751. The van der Waals surface area contributed by atoms with E-state index >= 15 is 0 Å². The minimum absolute atomic E-state index is 0.0995. The van der Waals surface area contributed by atoms with E-state index in [1.165, 1.54) is 0 Å². The summed E-state index contributed by atoms with van der Waals surface area (Å²) in [4.78, 5) is 12.7. The zero-order valence-electron chi connectivity index (χ0n) is 15.3. The number of hydrogen-bond acceptors (Lipinski definition) is 3. The highest BCUT2D eigenvalue weighted by Crippen LogP contribution is 2.28. The molecule has 0 aliphatic rings. The van der Waals surface area contributed by atoms with Crippen LogP contribution in [0.2, 0.25) is 0 Å². The van der Waals surface area contributed by atoms with Crippen molar-refractivity contribution in [3.8, 4) is 5.75 Å². The van der Waals surface area contributed by atoms with Gasteiger partial charge in [0.2, 0.25) is 5.91 Å². The molecule has 28 heavy (non-hydrogen) atoms. The first-order valence-electron chi connectivity index (χ1n) is 9.30. The number of benzene rings is 3. The van der Waals surface area contributed by atoms with E-state index in [2.05, 4.69) is 5.32 Å². The monoisotopic (exact) mass is 371 g/mol. The van der Waals surface area contributed by atoms with E-state index in [-0.39, 0.29) is 24.1 Å². The van der Waals surface area contributed by atoms with Gasteiger partial charge in [-0.15, -0.1) is 0 Å². The van der Waals surface area contributed by atoms with Gasteiger partial charge < -0.3 is 14.8 Å². The smallest absolute Gasteiger partial charge is 0.221 e. The first-order chi connectivity index (χ1) is 13.7. The number of hydrogen-bond donors (Lipinski definition) is 2. The summed E-state index contributed by atoms with van der Waals surface area (Å²) in [5.41, 5.74) is 2.51. The molecule has 1 aromatic heterocycles. The molecule has 4 nitrogen and oxygen atoms in total. The van der Waals surface area contributed by atoms with Gasteiger partial charge in [0.1, 0.15) is 23.1 Å². The van der Waals surface area contributed by atoms with Crippen LogP contribution in [0.25, 0.3) is 11.0 Å². The van der Waals surface area contributed by atoms with Crippen LogP contribution >= 0.6 is 0 Å². The second-order valence-corrected chi connectivity index (χ2v) is 6.73. The average Bonchev–Trinajstić information content (AvgIpc) is 3.16. The number of amides is 1. The lowest BCUT2D eigenvalue weighted by molar-refractivity contribution is -0.121. The lowest BCUT2D eigenvalue weighted by Gasteiger charge is -2.17. The molecule has 0 saturated heterocycles. The highest BCUT2D eigenvalue weighted by molar-refractivity contribution is 5.80. The molecule has 1 amide bonds. The highest BCUT2D eigenvalue weighted by Gasteiger charge is 2.21. The molecule has 4 heteroatoms. The first-order valence-corrected chi connectivity index (χ1v) is 9.30. The normalized spacial score (nSPS) is 12.0. The van der Waals surface area contributed by atoms with Gasteiger partial charge in [-0.3, -0.25) is 4.79 Å². The number of aryl methyl sites for hydroxylation is 1. The molecule has 0 aliphatic carbocycles. The van der Waals surface area contributed by atoms with Crippen molar-refractivity contribution in [1.82, 2.24) is 5.32 Å². The molecule has 0 spiro atoms. The lowest BCUT2D eigenvalue weighted by Crippen LogP contribution is -2.29. The summed E-state index contributed by atoms with van der Waals surface area (Å²) in [5.74, 6) is 0.813. The highest BCUT2D eigenvalue weighted by atomic mass is 16.3. The van der Waals surface area contributed by atoms with Crippen LogP contribution in [0.5, 0.6) is 5.75 Å². The van der Waals surface area contributed by atoms with Gasteiger partial charge in [-0.05, 0) is 35.7 Å². The Balaban J connectivity index is 1.56. The predicted octanol–water partition coefficient (Wildman–Crippen LogP) is 4.98. The van der Waals surface area contributed by atoms with Crippen molar-refractivity contribution >= 4 is 16.9 Å². The van der Waals surface area contributed by atoms with Crippen molar-refractivity contribution in [3.05, 3.63) is 102 Å². The summed E-state index contributed by atoms with van der Waals surface area (Å²) in [7, 11) is 0. The minimum atomic E-state index is -0.370. The van der Waals surface area contributed by atoms with Crippen LogP contribution in [0.3, 0.4) is 0 Å². The van der Waals surface area contributed by atoms with Crippen LogP contribution in [0.1, 0.15) is 29.3 Å². The fraction of sp³-hybridized carbons (Fsp3) is 0.125. The zero-order chi connectivity index (χ0) is 19.3. The SMILES string of the molecule is O=C(CCc1ccccc1O)NC(c1ccccc1)c1cc2ccccc2o1. The van der Waals surface area contributed by atoms with Crippen molar-refractivity contribution in [1.29, 1.82) is 0 Å². The van der Waals surface area contributed by atoms with Gasteiger partial charge in [-0.2, -0.15) is 0 Å². The third-order valence-corrected chi connectivity index (χ3v) is 4.78. The number of nitrogens with one attached hydrogen (secondary N) is 1. The summed E-state index contributed by atoms with van der Waals surface area (Å²) in [6.45, 7) is 0. The number of para-hydroxylation sites is 2. The van der Waals surface area contributed by atoms with Crippen LogP contribution in [-0.4, -0.2) is 11.0 Å². The number of furan rings is 1. The van der Waals surface area contributed by atoms with E-state index in [1.807, 2.05) is 72.8 Å². The Hall–Kier alpha value is -3.53. The van der Waals surface area contributed by atoms with Crippen LogP contribution in [0.4, 0.5) is 0 Å². The Morgan fingerprint density at radius 2 is 1.64 bits per heavy atom. The molecule has 0 saturated carbocycles. The maximum Gasteiger partial charge on any atom is 0.221 e. The summed E-state index contributed by atoms with van der Waals surface area (Å²) >= 11 is 0. The minimum Gasteiger partial charge on any atom is -0.508 e. The Bertz CT molecular complexity index is 1050. The van der Waals surface area contributed by atoms with Gasteiger partial charge in [-0.25, -0.2) is 0 Å². The van der Waals surface area contributed by atoms with E-state index in [0.29, 0.717) is 12.2 Å². The van der Waals surface area contributed by atoms with Gasteiger partial charge in [0.25, 0.3) is 0 Å². The largest absolute Gasteiger partial charge is 0.508 e. The van der Waals surface area contributed by atoms with E-state index < -0.39 is 0 Å². The molecule has 0 radical (unpaired) electrons. The lowest BCUT2D eigenvalue weighted by atomic mass is 10.0. The summed E-state index contributed by atoms with van der Waals surface area (Å²) < 4.78 is 6.01. The summed E-state index contributed by atoms with van der Waals surface area (Å²) in [6, 6.07) is 26.3. The second-order valence-electron chi connectivity index (χ2n) is 6.73. The van der Waals surface area contributed by atoms with Crippen LogP contribution in [0.15, 0.2) is 89.3 Å². The van der Waals surface area contributed by atoms with Crippen molar-refractivity contribution < 1.29 is 14.3 Å². The Morgan fingerprint density at radius 3 is 2.43 bits per heavy atom. The number of phenols is 1. The maximum atomic E-state index is 12.7. The number of rotatable bonds is 6. The number of fused-ring (bicyclic) bond motifs is 1. The van der Waals surface area contributed by atoms with Gasteiger partial charge in [0.15, 0.2) is 0 Å². The van der Waals surface area contributed by atoms with Crippen LogP contribution in [-0.2, 0) is 11.2 Å². The standard InChI is InChI=1S/C24H21NO3/c26-20-12-6-4-8-17(20)14-15-23(27)25-24(18-9-2-1-3-10-18)22-16-19-11-5-7-13-21(19)28-22/h1-13,16,24,26H,14-15H2,(H,25,27). The molecule has 1 atom stereocenters. The molecule has 140 valence electrons. The number of phenolic OH excluding ortho intramolecular Hbond substituents is 1. The maximum absolute atomic E-state index is 12.7. The fourth-order valence-electron chi connectivity index (χ4n) is 3.31. The number of carbonyl (C=O) groups is 1. The molecule has 1 unspecified atom stereocenters. The fourth-order valence-corrected chi connectivity index (χ4v) is 3.31. The first kappa shape index (κ1) is 17.9. The molecule has 2 N–H and O–H groups in total. The Morgan fingerprint density at radius 1 is 0.929 bits per heavy atom. The molecule has 0 aliphatic heterocycles. The van der Waals surface area contributed by atoms with E-state index in [0.717, 1.165) is 22.1 Å². The summed E-state index contributed by atoms with van der Waals surface area (Å²) in [5, 5.41) is 14.0. The van der Waals surface area contributed by atoms with Gasteiger partial charge in [-0.1, -0.05) is 66.7 Å². The Labute approximate surface area is 163 Å². The molecule has 1 heterocycles. The van der Waals surface area contributed by atoms with Gasteiger partial charge >= 0.3 is 0 Å². The van der Waals surface area contributed by atoms with Crippen molar-refractivity contribution in [3.63, 3.8) is 0 Å². The van der Waals surface area contributed by atoms with Crippen molar-refractivity contribution in [2.24, 2.45) is 0 Å². The van der Waals surface area contributed by atoms with Crippen LogP contribution < -0.4 is 5.32 Å². The van der Waals surface area contributed by atoms with Gasteiger partial charge in [0, 0.05) is 11.8 Å². The molecular weight excluding hydrogens is 350 g/mol. The van der Waals surface area contributed by atoms with E-state index in [9.17, 15) is 9.90 Å². The van der Waals surface area contributed by atoms with E-state index in [1.54, 1.807) is 12.1 Å². The van der Waals surface area contributed by atoms with Crippen molar-refractivity contribution in [2.45, 2.75) is 18.9 Å². The molecule has 3 aromatic carbocycles. The third-order valence-electron chi connectivity index (χ3n) is 4.78. The van der Waals surface area contributed by atoms with Crippen LogP contribution in [0, 0.1) is 0 Å². The quantitative estimate of drug-likeness (QED) is 0.503. The molecule has 0 bridgehead atoms. The molecule has 4 rings (SSSR count). The molecule has 4 aromatic rings.